The number of anilines is 1. The smallest absolute Gasteiger partial charge is 0.319 e. The summed E-state index contributed by atoms with van der Waals surface area (Å²) in [6.45, 7) is 6.24. The number of pyridine rings is 1. The first-order chi connectivity index (χ1) is 20.9. The van der Waals surface area contributed by atoms with Crippen LogP contribution in [0.5, 0.6) is 6.01 Å². The quantitative estimate of drug-likeness (QED) is 0.379. The Balaban J connectivity index is 1.30. The lowest BCUT2D eigenvalue weighted by Crippen LogP contribution is -2.55. The van der Waals surface area contributed by atoms with Gasteiger partial charge in [-0.1, -0.05) is 24.8 Å². The number of ether oxygens (including phenoxy) is 1. The van der Waals surface area contributed by atoms with Gasteiger partial charge in [0, 0.05) is 37.4 Å². The number of hydrogen-bond acceptors (Lipinski definition) is 8. The lowest BCUT2D eigenvalue weighted by Gasteiger charge is -2.41. The molecule has 1 aromatic carbocycles. The first-order valence-corrected chi connectivity index (χ1v) is 15.3. The molecule has 2 aromatic heterocycles. The number of rotatable bonds is 7. The monoisotopic (exact) mass is 581 g/mol. The molecule has 222 valence electrons. The molecule has 10 heteroatoms. The van der Waals surface area contributed by atoms with Crippen molar-refractivity contribution in [1.29, 1.82) is 5.26 Å². The number of piperazine rings is 1. The second kappa shape index (κ2) is 10.9. The molecule has 2 saturated heterocycles. The number of likely N-dealkylation sites (N-methyl/N-ethyl adjacent to an activating group) is 1. The van der Waals surface area contributed by atoms with Crippen molar-refractivity contribution in [3.05, 3.63) is 54.0 Å². The number of hydrogen-bond donors (Lipinski definition) is 0. The van der Waals surface area contributed by atoms with E-state index < -0.39 is 5.82 Å². The summed E-state index contributed by atoms with van der Waals surface area (Å²) in [6.07, 6.45) is 9.66. The standard InChI is InChI=1S/C33H36FN7O2/c1-3-27(42)41-17-16-40(19-21(41)10-14-35)31-25-18-36-29(24-7-4-8-26-23(24)9-11-33(26)12-13-33)28(34)30(25)37-32(38-31)43-20-22-6-5-15-39(22)2/h3-4,7-8,18,21-22H,1,5-6,9-13,15-17,19-20H2,2H3/t21-,22-/m0/s1. The van der Waals surface area contributed by atoms with Crippen molar-refractivity contribution in [2.75, 3.05) is 44.7 Å². The van der Waals surface area contributed by atoms with Crippen LogP contribution in [0.2, 0.25) is 0 Å². The number of halogens is 1. The maximum atomic E-state index is 16.6. The summed E-state index contributed by atoms with van der Waals surface area (Å²) < 4.78 is 22.8. The van der Waals surface area contributed by atoms with Crippen molar-refractivity contribution in [3.8, 4) is 23.3 Å². The number of carbonyl (C=O) groups excluding carboxylic acids is 1. The second-order valence-electron chi connectivity index (χ2n) is 12.4. The van der Waals surface area contributed by atoms with Crippen molar-refractivity contribution < 1.29 is 13.9 Å². The number of benzene rings is 1. The maximum absolute atomic E-state index is 16.6. The van der Waals surface area contributed by atoms with Crippen molar-refractivity contribution in [2.45, 2.75) is 62.4 Å². The Labute approximate surface area is 251 Å². The van der Waals surface area contributed by atoms with E-state index >= 15 is 4.39 Å². The second-order valence-corrected chi connectivity index (χ2v) is 12.4. The van der Waals surface area contributed by atoms with E-state index in [4.69, 9.17) is 9.72 Å². The van der Waals surface area contributed by atoms with Crippen molar-refractivity contribution >= 4 is 22.6 Å². The van der Waals surface area contributed by atoms with Gasteiger partial charge < -0.3 is 19.4 Å². The lowest BCUT2D eigenvalue weighted by atomic mass is 9.95. The van der Waals surface area contributed by atoms with Crippen LogP contribution in [0, 0.1) is 17.1 Å². The molecule has 3 fully saturated rings. The van der Waals surface area contributed by atoms with Gasteiger partial charge in [-0.15, -0.1) is 0 Å². The summed E-state index contributed by atoms with van der Waals surface area (Å²) in [5.74, 6) is -0.192. The number of nitriles is 1. The van der Waals surface area contributed by atoms with Crippen LogP contribution in [0.3, 0.4) is 0 Å². The van der Waals surface area contributed by atoms with Crippen LogP contribution in [0.15, 0.2) is 37.1 Å². The largest absolute Gasteiger partial charge is 0.462 e. The van der Waals surface area contributed by atoms with Crippen LogP contribution in [-0.2, 0) is 16.6 Å². The Hall–Kier alpha value is -4.10. The summed E-state index contributed by atoms with van der Waals surface area (Å²) in [6, 6.07) is 8.39. The molecular formula is C33H36FN7O2. The summed E-state index contributed by atoms with van der Waals surface area (Å²) in [5.41, 5.74) is 4.12. The highest BCUT2D eigenvalue weighted by molar-refractivity contribution is 5.93. The van der Waals surface area contributed by atoms with Crippen molar-refractivity contribution in [1.82, 2.24) is 24.8 Å². The molecule has 2 aliphatic heterocycles. The van der Waals surface area contributed by atoms with Gasteiger partial charge in [-0.2, -0.15) is 15.2 Å². The van der Waals surface area contributed by atoms with Gasteiger partial charge in [0.2, 0.25) is 5.91 Å². The minimum atomic E-state index is -0.483. The van der Waals surface area contributed by atoms with Gasteiger partial charge in [0.1, 0.15) is 23.6 Å². The highest BCUT2D eigenvalue weighted by atomic mass is 19.1. The predicted octanol–water partition coefficient (Wildman–Crippen LogP) is 4.40. The molecule has 9 nitrogen and oxygen atoms in total. The van der Waals surface area contributed by atoms with Gasteiger partial charge in [0.25, 0.3) is 0 Å². The third kappa shape index (κ3) is 4.80. The highest BCUT2D eigenvalue weighted by Crippen LogP contribution is 2.58. The van der Waals surface area contributed by atoms with E-state index in [1.165, 1.54) is 30.0 Å². The van der Waals surface area contributed by atoms with E-state index in [-0.39, 0.29) is 41.4 Å². The Morgan fingerprint density at radius 3 is 2.84 bits per heavy atom. The first-order valence-electron chi connectivity index (χ1n) is 15.3. The Bertz CT molecular complexity index is 1650. The molecular weight excluding hydrogens is 545 g/mol. The zero-order valence-corrected chi connectivity index (χ0v) is 24.6. The lowest BCUT2D eigenvalue weighted by molar-refractivity contribution is -0.128. The molecule has 0 bridgehead atoms. The van der Waals surface area contributed by atoms with Gasteiger partial charge in [0.15, 0.2) is 5.82 Å². The Kier molecular flexibility index (Phi) is 7.01. The zero-order chi connectivity index (χ0) is 29.7. The molecule has 0 unspecified atom stereocenters. The Morgan fingerprint density at radius 1 is 1.23 bits per heavy atom. The molecule has 1 amide bonds. The molecule has 2 atom stereocenters. The van der Waals surface area contributed by atoms with Gasteiger partial charge in [-0.05, 0) is 74.7 Å². The van der Waals surface area contributed by atoms with Crippen molar-refractivity contribution in [2.24, 2.45) is 0 Å². The maximum Gasteiger partial charge on any atom is 0.319 e. The fourth-order valence-corrected chi connectivity index (χ4v) is 7.35. The fraction of sp³-hybridized carbons (Fsp3) is 0.485. The van der Waals surface area contributed by atoms with Crippen LogP contribution in [0.4, 0.5) is 10.2 Å². The molecule has 43 heavy (non-hydrogen) atoms. The summed E-state index contributed by atoms with van der Waals surface area (Å²) >= 11 is 0. The molecule has 0 radical (unpaired) electrons. The predicted molar refractivity (Wildman–Crippen MR) is 161 cm³/mol. The van der Waals surface area contributed by atoms with Gasteiger partial charge in [-0.3, -0.25) is 9.78 Å². The normalized spacial score (nSPS) is 22.5. The SMILES string of the molecule is C=CC(=O)N1CCN(c2nc(OC[C@@H]3CCCN3C)nc3c(F)c(-c4cccc5c4CCC54CC4)ncc23)C[C@@H]1CC#N. The highest BCUT2D eigenvalue weighted by Gasteiger charge is 2.49. The molecule has 0 N–H and O–H groups in total. The van der Waals surface area contributed by atoms with E-state index in [9.17, 15) is 10.1 Å². The zero-order valence-electron chi connectivity index (χ0n) is 24.6. The summed E-state index contributed by atoms with van der Waals surface area (Å²) in [5, 5.41) is 9.98. The van der Waals surface area contributed by atoms with Crippen LogP contribution in [0.1, 0.15) is 49.7 Å². The van der Waals surface area contributed by atoms with Crippen molar-refractivity contribution in [3.63, 3.8) is 0 Å². The Morgan fingerprint density at radius 2 is 2.09 bits per heavy atom. The van der Waals surface area contributed by atoms with E-state index in [0.717, 1.165) is 37.8 Å². The number of likely N-dealkylation sites (tertiary alicyclic amines) is 1. The molecule has 7 rings (SSSR count). The van der Waals surface area contributed by atoms with Gasteiger partial charge in [-0.25, -0.2) is 4.39 Å². The fourth-order valence-electron chi connectivity index (χ4n) is 7.35. The number of carbonyl (C=O) groups is 1. The first kappa shape index (κ1) is 27.7. The van der Waals surface area contributed by atoms with E-state index in [2.05, 4.69) is 40.6 Å². The molecule has 4 aliphatic rings. The van der Waals surface area contributed by atoms with Gasteiger partial charge >= 0.3 is 6.01 Å². The third-order valence-corrected chi connectivity index (χ3v) is 10.00. The number of fused-ring (bicyclic) bond motifs is 3. The molecule has 3 aromatic rings. The van der Waals surface area contributed by atoms with E-state index in [0.29, 0.717) is 43.1 Å². The van der Waals surface area contributed by atoms with Crippen LogP contribution >= 0.6 is 0 Å². The topological polar surface area (TPSA) is 98.5 Å². The molecule has 1 spiro atoms. The van der Waals surface area contributed by atoms with Gasteiger partial charge in [0.05, 0.1) is 23.9 Å². The number of nitrogens with zero attached hydrogens (tertiary/aromatic N) is 7. The minimum Gasteiger partial charge on any atom is -0.462 e. The summed E-state index contributed by atoms with van der Waals surface area (Å²) in [4.78, 5) is 32.5. The third-order valence-electron chi connectivity index (χ3n) is 10.00. The molecule has 1 saturated carbocycles. The average molecular weight is 582 g/mol. The van der Waals surface area contributed by atoms with Crippen LogP contribution < -0.4 is 9.64 Å². The number of aromatic nitrogens is 3. The average Bonchev–Trinajstić information content (AvgIpc) is 3.56. The van der Waals surface area contributed by atoms with Crippen LogP contribution in [0.25, 0.3) is 22.2 Å². The van der Waals surface area contributed by atoms with Crippen LogP contribution in [-0.4, -0.2) is 82.6 Å². The van der Waals surface area contributed by atoms with E-state index in [1.807, 2.05) is 17.0 Å². The molecule has 4 heterocycles. The minimum absolute atomic E-state index is 0.121. The van der Waals surface area contributed by atoms with E-state index in [1.54, 1.807) is 11.1 Å². The molecule has 2 aliphatic carbocycles. The summed E-state index contributed by atoms with van der Waals surface area (Å²) in [7, 11) is 2.08. The number of amides is 1.